The van der Waals surface area contributed by atoms with Crippen molar-refractivity contribution in [3.05, 3.63) is 70.6 Å². The summed E-state index contributed by atoms with van der Waals surface area (Å²) in [5.74, 6) is -2.23. The van der Waals surface area contributed by atoms with Crippen LogP contribution in [0, 0.1) is 11.6 Å². The summed E-state index contributed by atoms with van der Waals surface area (Å²) in [5, 5.41) is 2.32. The number of rotatable bonds is 3. The van der Waals surface area contributed by atoms with Crippen molar-refractivity contribution in [3.8, 4) is 0 Å². The maximum absolute atomic E-state index is 13.5. The van der Waals surface area contributed by atoms with E-state index in [1.165, 1.54) is 4.57 Å². The minimum atomic E-state index is -0.884. The average Bonchev–Trinajstić information content (AvgIpc) is 2.53. The van der Waals surface area contributed by atoms with E-state index in [1.54, 1.807) is 24.3 Å². The molecule has 7 heteroatoms. The summed E-state index contributed by atoms with van der Waals surface area (Å²) >= 11 is 0. The van der Waals surface area contributed by atoms with E-state index in [4.69, 9.17) is 0 Å². The standard InChI is InChI=1S/C16H11F2N3O2/c17-10-5-6-12(11(18)7-10)20-15(22)9-21-14-4-2-1-3-13(14)19-8-16(21)23/h1-8H,9H2,(H,20,22). The van der Waals surface area contributed by atoms with E-state index in [0.717, 1.165) is 18.3 Å². The fraction of sp³-hybridized carbons (Fsp3) is 0.0625. The van der Waals surface area contributed by atoms with Gasteiger partial charge in [-0.2, -0.15) is 0 Å². The van der Waals surface area contributed by atoms with Gasteiger partial charge in [0.25, 0.3) is 5.56 Å². The fourth-order valence-electron chi connectivity index (χ4n) is 2.20. The lowest BCUT2D eigenvalue weighted by molar-refractivity contribution is -0.116. The van der Waals surface area contributed by atoms with Crippen molar-refractivity contribution in [2.24, 2.45) is 0 Å². The smallest absolute Gasteiger partial charge is 0.269 e. The number of nitrogens with zero attached hydrogens (tertiary/aromatic N) is 2. The van der Waals surface area contributed by atoms with Crippen LogP contribution in [-0.4, -0.2) is 15.5 Å². The van der Waals surface area contributed by atoms with Crippen molar-refractivity contribution in [2.75, 3.05) is 5.32 Å². The van der Waals surface area contributed by atoms with Crippen LogP contribution in [0.15, 0.2) is 53.5 Å². The second-order valence-corrected chi connectivity index (χ2v) is 4.84. The summed E-state index contributed by atoms with van der Waals surface area (Å²) in [7, 11) is 0. The van der Waals surface area contributed by atoms with Crippen LogP contribution in [0.5, 0.6) is 0 Å². The Labute approximate surface area is 129 Å². The zero-order chi connectivity index (χ0) is 16.4. The van der Waals surface area contributed by atoms with E-state index in [2.05, 4.69) is 10.3 Å². The highest BCUT2D eigenvalue weighted by Gasteiger charge is 2.11. The van der Waals surface area contributed by atoms with Gasteiger partial charge in [0.1, 0.15) is 18.2 Å². The molecule has 116 valence electrons. The Morgan fingerprint density at radius 1 is 1.17 bits per heavy atom. The van der Waals surface area contributed by atoms with Gasteiger partial charge in [-0.25, -0.2) is 13.8 Å². The number of fused-ring (bicyclic) bond motifs is 1. The maximum atomic E-state index is 13.5. The van der Waals surface area contributed by atoms with Crippen LogP contribution in [-0.2, 0) is 11.3 Å². The Bertz CT molecular complexity index is 953. The lowest BCUT2D eigenvalue weighted by Crippen LogP contribution is -2.28. The Hall–Kier alpha value is -3.09. The number of para-hydroxylation sites is 2. The van der Waals surface area contributed by atoms with Gasteiger partial charge in [0, 0.05) is 6.07 Å². The average molecular weight is 315 g/mol. The molecule has 3 rings (SSSR count). The number of aromatic nitrogens is 2. The number of hydrogen-bond acceptors (Lipinski definition) is 3. The van der Waals surface area contributed by atoms with Gasteiger partial charge < -0.3 is 5.32 Å². The van der Waals surface area contributed by atoms with E-state index in [-0.39, 0.29) is 12.2 Å². The van der Waals surface area contributed by atoms with E-state index < -0.39 is 23.1 Å². The molecule has 0 atom stereocenters. The van der Waals surface area contributed by atoms with Crippen LogP contribution < -0.4 is 10.9 Å². The van der Waals surface area contributed by atoms with Gasteiger partial charge >= 0.3 is 0 Å². The summed E-state index contributed by atoms with van der Waals surface area (Å²) in [4.78, 5) is 28.0. The van der Waals surface area contributed by atoms with E-state index in [9.17, 15) is 18.4 Å². The van der Waals surface area contributed by atoms with Gasteiger partial charge in [-0.05, 0) is 24.3 Å². The summed E-state index contributed by atoms with van der Waals surface area (Å²) in [6, 6.07) is 9.68. The van der Waals surface area contributed by atoms with Crippen LogP contribution >= 0.6 is 0 Å². The monoisotopic (exact) mass is 315 g/mol. The van der Waals surface area contributed by atoms with Gasteiger partial charge in [-0.1, -0.05) is 12.1 Å². The predicted octanol–water partition coefficient (Wildman–Crippen LogP) is 2.31. The van der Waals surface area contributed by atoms with Gasteiger partial charge in [0.05, 0.1) is 22.9 Å². The second kappa shape index (κ2) is 5.96. The molecule has 2 aromatic carbocycles. The van der Waals surface area contributed by atoms with Crippen LogP contribution in [0.3, 0.4) is 0 Å². The zero-order valence-electron chi connectivity index (χ0n) is 11.8. The molecule has 1 amide bonds. The number of carbonyl (C=O) groups is 1. The summed E-state index contributed by atoms with van der Waals surface area (Å²) in [5.41, 5.74) is 0.462. The van der Waals surface area contributed by atoms with Crippen molar-refractivity contribution >= 4 is 22.6 Å². The van der Waals surface area contributed by atoms with Gasteiger partial charge in [-0.3, -0.25) is 14.2 Å². The third-order valence-electron chi connectivity index (χ3n) is 3.26. The predicted molar refractivity (Wildman–Crippen MR) is 81.0 cm³/mol. The molecule has 3 aromatic rings. The minimum Gasteiger partial charge on any atom is -0.322 e. The molecule has 0 unspecified atom stereocenters. The molecular formula is C16H11F2N3O2. The maximum Gasteiger partial charge on any atom is 0.269 e. The van der Waals surface area contributed by atoms with Crippen molar-refractivity contribution in [1.82, 2.24) is 9.55 Å². The van der Waals surface area contributed by atoms with Gasteiger partial charge in [-0.15, -0.1) is 0 Å². The molecule has 1 N–H and O–H groups in total. The molecule has 0 bridgehead atoms. The van der Waals surface area contributed by atoms with Crippen LogP contribution in [0.2, 0.25) is 0 Å². The quantitative estimate of drug-likeness (QED) is 0.807. The lowest BCUT2D eigenvalue weighted by atomic mass is 10.3. The number of hydrogen-bond donors (Lipinski definition) is 1. The Morgan fingerprint density at radius 3 is 2.74 bits per heavy atom. The molecular weight excluding hydrogens is 304 g/mol. The molecule has 5 nitrogen and oxygen atoms in total. The van der Waals surface area contributed by atoms with E-state index >= 15 is 0 Å². The Morgan fingerprint density at radius 2 is 1.96 bits per heavy atom. The van der Waals surface area contributed by atoms with Crippen molar-refractivity contribution < 1.29 is 13.6 Å². The molecule has 0 fully saturated rings. The van der Waals surface area contributed by atoms with Crippen molar-refractivity contribution in [3.63, 3.8) is 0 Å². The molecule has 23 heavy (non-hydrogen) atoms. The van der Waals surface area contributed by atoms with Crippen molar-refractivity contribution in [1.29, 1.82) is 0 Å². The fourth-order valence-corrected chi connectivity index (χ4v) is 2.20. The number of halogens is 2. The first-order chi connectivity index (χ1) is 11.0. The van der Waals surface area contributed by atoms with Gasteiger partial charge in [0.2, 0.25) is 5.91 Å². The summed E-state index contributed by atoms with van der Waals surface area (Å²) < 4.78 is 27.6. The Balaban J connectivity index is 1.89. The van der Waals surface area contributed by atoms with E-state index in [0.29, 0.717) is 17.1 Å². The molecule has 0 spiro atoms. The second-order valence-electron chi connectivity index (χ2n) is 4.84. The molecule has 1 heterocycles. The van der Waals surface area contributed by atoms with Crippen LogP contribution in [0.1, 0.15) is 0 Å². The molecule has 0 aliphatic heterocycles. The van der Waals surface area contributed by atoms with Crippen LogP contribution in [0.4, 0.5) is 14.5 Å². The lowest BCUT2D eigenvalue weighted by Gasteiger charge is -2.10. The highest BCUT2D eigenvalue weighted by atomic mass is 19.1. The zero-order valence-corrected chi connectivity index (χ0v) is 11.8. The number of anilines is 1. The number of nitrogens with one attached hydrogen (secondary N) is 1. The van der Waals surface area contributed by atoms with Gasteiger partial charge in [0.15, 0.2) is 0 Å². The number of amides is 1. The summed E-state index contributed by atoms with van der Waals surface area (Å²) in [6.45, 7) is -0.307. The molecule has 1 aromatic heterocycles. The third kappa shape index (κ3) is 3.08. The highest BCUT2D eigenvalue weighted by molar-refractivity contribution is 5.91. The molecule has 0 aliphatic carbocycles. The SMILES string of the molecule is O=C(Cn1c(=O)cnc2ccccc21)Nc1ccc(F)cc1F. The molecule has 0 radical (unpaired) electrons. The molecule has 0 saturated carbocycles. The first-order valence-corrected chi connectivity index (χ1v) is 6.74. The largest absolute Gasteiger partial charge is 0.322 e. The molecule has 0 aliphatic rings. The normalized spacial score (nSPS) is 10.7. The number of carbonyl (C=O) groups excluding carboxylic acids is 1. The van der Waals surface area contributed by atoms with Crippen LogP contribution in [0.25, 0.3) is 11.0 Å². The highest BCUT2D eigenvalue weighted by Crippen LogP contribution is 2.15. The topological polar surface area (TPSA) is 64.0 Å². The molecule has 0 saturated heterocycles. The third-order valence-corrected chi connectivity index (χ3v) is 3.26. The minimum absolute atomic E-state index is 0.150. The summed E-state index contributed by atoms with van der Waals surface area (Å²) in [6.07, 6.45) is 1.12. The Kier molecular flexibility index (Phi) is 3.84. The number of benzene rings is 2. The first kappa shape index (κ1) is 14.8. The van der Waals surface area contributed by atoms with Crippen molar-refractivity contribution in [2.45, 2.75) is 6.54 Å². The van der Waals surface area contributed by atoms with E-state index in [1.807, 2.05) is 0 Å². The first-order valence-electron chi connectivity index (χ1n) is 6.74.